The van der Waals surface area contributed by atoms with E-state index in [4.69, 9.17) is 4.74 Å². The summed E-state index contributed by atoms with van der Waals surface area (Å²) in [5.74, 6) is -1.03. The van der Waals surface area contributed by atoms with Crippen LogP contribution >= 0.6 is 0 Å². The van der Waals surface area contributed by atoms with Crippen LogP contribution in [0.3, 0.4) is 0 Å². The molecule has 1 N–H and O–H groups in total. The second kappa shape index (κ2) is 9.05. The van der Waals surface area contributed by atoms with E-state index in [1.54, 1.807) is 11.6 Å². The number of alkyl halides is 3. The summed E-state index contributed by atoms with van der Waals surface area (Å²) in [6, 6.07) is 7.28. The van der Waals surface area contributed by atoms with Gasteiger partial charge >= 0.3 is 12.1 Å². The Morgan fingerprint density at radius 3 is 2.58 bits per heavy atom. The molecular formula is C22H24F3N3O3. The number of esters is 1. The number of aliphatic hydroxyl groups is 1. The van der Waals surface area contributed by atoms with E-state index in [0.717, 1.165) is 22.7 Å². The maximum atomic E-state index is 13.3. The largest absolute Gasteiger partial charge is 0.466 e. The van der Waals surface area contributed by atoms with Crippen molar-refractivity contribution in [1.82, 2.24) is 15.0 Å². The van der Waals surface area contributed by atoms with Crippen molar-refractivity contribution < 1.29 is 27.8 Å². The number of ether oxygens (including phenoxy) is 1. The van der Waals surface area contributed by atoms with Gasteiger partial charge in [0.1, 0.15) is 5.52 Å². The quantitative estimate of drug-likeness (QED) is 0.558. The van der Waals surface area contributed by atoms with Gasteiger partial charge in [-0.25, -0.2) is 4.68 Å². The van der Waals surface area contributed by atoms with Crippen molar-refractivity contribution in [1.29, 1.82) is 0 Å². The molecule has 6 nitrogen and oxygen atoms in total. The maximum Gasteiger partial charge on any atom is 0.416 e. The number of aromatic nitrogens is 3. The molecule has 3 rings (SSSR count). The first-order valence-electron chi connectivity index (χ1n) is 10.00. The molecule has 0 aliphatic heterocycles. The lowest BCUT2D eigenvalue weighted by Crippen LogP contribution is -2.15. The van der Waals surface area contributed by atoms with Gasteiger partial charge in [-0.2, -0.15) is 13.2 Å². The van der Waals surface area contributed by atoms with Crippen LogP contribution in [-0.2, 0) is 28.9 Å². The smallest absolute Gasteiger partial charge is 0.416 e. The summed E-state index contributed by atoms with van der Waals surface area (Å²) in [5.41, 5.74) is 2.38. The van der Waals surface area contributed by atoms with E-state index in [-0.39, 0.29) is 18.6 Å². The van der Waals surface area contributed by atoms with Crippen molar-refractivity contribution in [3.05, 3.63) is 58.1 Å². The number of fused-ring (bicyclic) bond motifs is 1. The number of rotatable bonds is 7. The molecule has 0 radical (unpaired) electrons. The molecule has 0 saturated heterocycles. The number of aryl methyl sites for hydroxylation is 2. The fourth-order valence-corrected chi connectivity index (χ4v) is 3.83. The molecule has 1 atom stereocenters. The molecule has 9 heteroatoms. The highest BCUT2D eigenvalue weighted by Crippen LogP contribution is 2.37. The average Bonchev–Trinajstić information content (AvgIpc) is 3.16. The van der Waals surface area contributed by atoms with E-state index in [9.17, 15) is 23.1 Å². The van der Waals surface area contributed by atoms with Crippen LogP contribution in [0.15, 0.2) is 30.3 Å². The molecule has 1 heterocycles. The molecule has 0 amide bonds. The topological polar surface area (TPSA) is 77.2 Å². The standard InChI is InChI=1S/C22H24F3N3O3/c1-4-28-19-9-7-16(13(3)21(19)26-27-28)17(11-20(30)31-5-2)14-6-8-18(22(23,24)25)15(10-14)12-29/h6-10,17,29H,4-5,11-12H2,1-3H3. The minimum atomic E-state index is -4.58. The van der Waals surface area contributed by atoms with Crippen molar-refractivity contribution in [2.75, 3.05) is 6.61 Å². The number of aliphatic hydroxyl groups excluding tert-OH is 1. The van der Waals surface area contributed by atoms with Gasteiger partial charge in [0, 0.05) is 12.5 Å². The summed E-state index contributed by atoms with van der Waals surface area (Å²) in [6.45, 7) is 5.55. The highest BCUT2D eigenvalue weighted by Gasteiger charge is 2.34. The van der Waals surface area contributed by atoms with E-state index in [1.165, 1.54) is 12.1 Å². The van der Waals surface area contributed by atoms with E-state index in [0.29, 0.717) is 17.6 Å². The summed E-state index contributed by atoms with van der Waals surface area (Å²) in [6.07, 6.45) is -4.64. The fraction of sp³-hybridized carbons (Fsp3) is 0.409. The Bertz CT molecular complexity index is 1090. The second-order valence-corrected chi connectivity index (χ2v) is 7.19. The number of hydrogen-bond acceptors (Lipinski definition) is 5. The zero-order chi connectivity index (χ0) is 22.8. The van der Waals surface area contributed by atoms with Gasteiger partial charge in [0.25, 0.3) is 0 Å². The van der Waals surface area contributed by atoms with Crippen LogP contribution in [0.25, 0.3) is 11.0 Å². The van der Waals surface area contributed by atoms with Crippen LogP contribution in [0.5, 0.6) is 0 Å². The Balaban J connectivity index is 2.15. The average molecular weight is 435 g/mol. The molecule has 1 unspecified atom stereocenters. The minimum absolute atomic E-state index is 0.0572. The molecule has 0 fully saturated rings. The number of benzene rings is 2. The third-order valence-electron chi connectivity index (χ3n) is 5.34. The zero-order valence-corrected chi connectivity index (χ0v) is 17.5. The van der Waals surface area contributed by atoms with Crippen LogP contribution < -0.4 is 0 Å². The molecule has 0 aliphatic rings. The van der Waals surface area contributed by atoms with Crippen molar-refractivity contribution in [3.63, 3.8) is 0 Å². The Morgan fingerprint density at radius 1 is 1.23 bits per heavy atom. The minimum Gasteiger partial charge on any atom is -0.466 e. The van der Waals surface area contributed by atoms with E-state index < -0.39 is 30.2 Å². The summed E-state index contributed by atoms with van der Waals surface area (Å²) < 4.78 is 46.7. The highest BCUT2D eigenvalue weighted by molar-refractivity contribution is 5.80. The van der Waals surface area contributed by atoms with Crippen LogP contribution in [0.2, 0.25) is 0 Å². The van der Waals surface area contributed by atoms with E-state index in [2.05, 4.69) is 10.3 Å². The number of nitrogens with zero attached hydrogens (tertiary/aromatic N) is 3. The van der Waals surface area contributed by atoms with Gasteiger partial charge < -0.3 is 9.84 Å². The van der Waals surface area contributed by atoms with E-state index in [1.807, 2.05) is 26.0 Å². The first-order chi connectivity index (χ1) is 14.7. The van der Waals surface area contributed by atoms with Gasteiger partial charge in [0.05, 0.1) is 30.7 Å². The van der Waals surface area contributed by atoms with Crippen LogP contribution in [-0.4, -0.2) is 32.7 Å². The molecule has 1 aromatic heterocycles. The van der Waals surface area contributed by atoms with Gasteiger partial charge in [0.15, 0.2) is 0 Å². The molecule has 2 aromatic carbocycles. The molecule has 3 aromatic rings. The summed E-state index contributed by atoms with van der Waals surface area (Å²) >= 11 is 0. The Hall–Kier alpha value is -2.94. The van der Waals surface area contributed by atoms with Gasteiger partial charge in [-0.05, 0) is 55.2 Å². The highest BCUT2D eigenvalue weighted by atomic mass is 19.4. The van der Waals surface area contributed by atoms with Crippen LogP contribution in [0.1, 0.15) is 54.0 Å². The first kappa shape index (κ1) is 22.7. The SMILES string of the molecule is CCOC(=O)CC(c1ccc(C(F)(F)F)c(CO)c1)c1ccc2c(nnn2CC)c1C. The predicted octanol–water partition coefficient (Wildman–Crippen LogP) is 4.36. The second-order valence-electron chi connectivity index (χ2n) is 7.19. The van der Waals surface area contributed by atoms with Gasteiger partial charge in [-0.1, -0.05) is 23.4 Å². The number of carbonyl (C=O) groups is 1. The molecule has 166 valence electrons. The Morgan fingerprint density at radius 2 is 1.97 bits per heavy atom. The fourth-order valence-electron chi connectivity index (χ4n) is 3.83. The molecule has 0 spiro atoms. The van der Waals surface area contributed by atoms with Crippen molar-refractivity contribution in [2.45, 2.75) is 52.4 Å². The molecule has 31 heavy (non-hydrogen) atoms. The van der Waals surface area contributed by atoms with Crippen molar-refractivity contribution in [2.24, 2.45) is 0 Å². The van der Waals surface area contributed by atoms with Gasteiger partial charge in [0.2, 0.25) is 0 Å². The maximum absolute atomic E-state index is 13.3. The predicted molar refractivity (Wildman–Crippen MR) is 108 cm³/mol. The van der Waals surface area contributed by atoms with E-state index >= 15 is 0 Å². The molecule has 0 saturated carbocycles. The molecule has 0 aliphatic carbocycles. The van der Waals surface area contributed by atoms with Gasteiger partial charge in [-0.3, -0.25) is 4.79 Å². The number of hydrogen-bond donors (Lipinski definition) is 1. The third-order valence-corrected chi connectivity index (χ3v) is 5.34. The van der Waals surface area contributed by atoms with Crippen LogP contribution in [0, 0.1) is 6.92 Å². The van der Waals surface area contributed by atoms with Crippen LogP contribution in [0.4, 0.5) is 13.2 Å². The Kier molecular flexibility index (Phi) is 6.64. The lowest BCUT2D eigenvalue weighted by Gasteiger charge is -2.21. The lowest BCUT2D eigenvalue weighted by atomic mass is 9.84. The zero-order valence-electron chi connectivity index (χ0n) is 17.5. The third kappa shape index (κ3) is 4.56. The number of halogens is 3. The Labute approximate surface area is 177 Å². The van der Waals surface area contributed by atoms with Crippen molar-refractivity contribution in [3.8, 4) is 0 Å². The normalized spacial score (nSPS) is 12.9. The first-order valence-corrected chi connectivity index (χ1v) is 10.00. The number of carbonyl (C=O) groups excluding carboxylic acids is 1. The van der Waals surface area contributed by atoms with Crippen molar-refractivity contribution >= 4 is 17.0 Å². The summed E-state index contributed by atoms with van der Waals surface area (Å²) in [4.78, 5) is 12.3. The monoisotopic (exact) mass is 435 g/mol. The van der Waals surface area contributed by atoms with Gasteiger partial charge in [-0.15, -0.1) is 5.10 Å². The summed E-state index contributed by atoms with van der Waals surface area (Å²) in [5, 5.41) is 17.9. The summed E-state index contributed by atoms with van der Waals surface area (Å²) in [7, 11) is 0. The molecular weight excluding hydrogens is 411 g/mol. The molecule has 0 bridgehead atoms. The lowest BCUT2D eigenvalue weighted by molar-refractivity contribution is -0.143.